The van der Waals surface area contributed by atoms with Crippen LogP contribution in [0.3, 0.4) is 0 Å². The van der Waals surface area contributed by atoms with Gasteiger partial charge in [0.1, 0.15) is 5.82 Å². The normalized spacial score (nSPS) is 10.3. The summed E-state index contributed by atoms with van der Waals surface area (Å²) in [5, 5.41) is 3.28. The first-order valence-corrected chi connectivity index (χ1v) is 6.23. The monoisotopic (exact) mass is 291 g/mol. The van der Waals surface area contributed by atoms with Gasteiger partial charge in [0.15, 0.2) is 0 Å². The van der Waals surface area contributed by atoms with Gasteiger partial charge in [0.05, 0.1) is 5.69 Å². The van der Waals surface area contributed by atoms with Gasteiger partial charge in [0.25, 0.3) is 0 Å². The van der Waals surface area contributed by atoms with Crippen LogP contribution in [-0.4, -0.2) is 9.97 Å². The van der Waals surface area contributed by atoms with E-state index >= 15 is 0 Å². The van der Waals surface area contributed by atoms with Crippen molar-refractivity contribution in [3.63, 3.8) is 0 Å². The van der Waals surface area contributed by atoms with E-state index in [1.807, 2.05) is 38.2 Å². The van der Waals surface area contributed by atoms with Crippen molar-refractivity contribution in [2.24, 2.45) is 0 Å². The topological polar surface area (TPSA) is 37.8 Å². The van der Waals surface area contributed by atoms with E-state index in [1.165, 1.54) is 0 Å². The SMILES string of the molecule is Cc1ccc(CNc2ccc(Br)c(C)n2)cn1. The summed E-state index contributed by atoms with van der Waals surface area (Å²) in [6.45, 7) is 4.70. The van der Waals surface area contributed by atoms with Gasteiger partial charge in [-0.15, -0.1) is 0 Å². The second-order valence-electron chi connectivity index (χ2n) is 3.93. The lowest BCUT2D eigenvalue weighted by molar-refractivity contribution is 1.05. The van der Waals surface area contributed by atoms with Crippen LogP contribution in [0.5, 0.6) is 0 Å². The molecule has 0 radical (unpaired) electrons. The Kier molecular flexibility index (Phi) is 3.74. The first-order chi connectivity index (χ1) is 8.15. The molecule has 0 spiro atoms. The molecule has 1 N–H and O–H groups in total. The van der Waals surface area contributed by atoms with E-state index < -0.39 is 0 Å². The maximum atomic E-state index is 4.43. The third kappa shape index (κ3) is 3.27. The number of anilines is 1. The Morgan fingerprint density at radius 1 is 1.18 bits per heavy atom. The number of pyridine rings is 2. The summed E-state index contributed by atoms with van der Waals surface area (Å²) in [6.07, 6.45) is 1.88. The molecular formula is C13H14BrN3. The molecule has 2 aromatic rings. The van der Waals surface area contributed by atoms with Crippen LogP contribution in [0.4, 0.5) is 5.82 Å². The highest BCUT2D eigenvalue weighted by molar-refractivity contribution is 9.10. The summed E-state index contributed by atoms with van der Waals surface area (Å²) < 4.78 is 1.03. The molecule has 17 heavy (non-hydrogen) atoms. The number of hydrogen-bond acceptors (Lipinski definition) is 3. The van der Waals surface area contributed by atoms with E-state index in [4.69, 9.17) is 0 Å². The van der Waals surface area contributed by atoms with E-state index in [-0.39, 0.29) is 0 Å². The van der Waals surface area contributed by atoms with E-state index in [1.54, 1.807) is 0 Å². The second-order valence-corrected chi connectivity index (χ2v) is 4.78. The number of rotatable bonds is 3. The zero-order valence-electron chi connectivity index (χ0n) is 9.87. The van der Waals surface area contributed by atoms with Crippen molar-refractivity contribution in [2.45, 2.75) is 20.4 Å². The van der Waals surface area contributed by atoms with Crippen molar-refractivity contribution in [1.29, 1.82) is 0 Å². The van der Waals surface area contributed by atoms with Gasteiger partial charge in [-0.3, -0.25) is 4.98 Å². The lowest BCUT2D eigenvalue weighted by Crippen LogP contribution is -2.02. The maximum absolute atomic E-state index is 4.43. The zero-order valence-corrected chi connectivity index (χ0v) is 11.5. The Hall–Kier alpha value is -1.42. The fourth-order valence-electron chi connectivity index (χ4n) is 1.44. The third-order valence-corrected chi connectivity index (χ3v) is 3.31. The molecule has 0 unspecified atom stereocenters. The second kappa shape index (κ2) is 5.27. The number of aryl methyl sites for hydroxylation is 2. The summed E-state index contributed by atoms with van der Waals surface area (Å²) >= 11 is 3.43. The first-order valence-electron chi connectivity index (χ1n) is 5.44. The van der Waals surface area contributed by atoms with Gasteiger partial charge in [-0.2, -0.15) is 0 Å². The molecule has 0 bridgehead atoms. The maximum Gasteiger partial charge on any atom is 0.126 e. The molecule has 0 saturated heterocycles. The molecule has 0 amide bonds. The number of nitrogens with one attached hydrogen (secondary N) is 1. The number of halogens is 1. The minimum atomic E-state index is 0.737. The van der Waals surface area contributed by atoms with Crippen LogP contribution in [-0.2, 0) is 6.54 Å². The molecule has 0 aliphatic rings. The third-order valence-electron chi connectivity index (χ3n) is 2.47. The van der Waals surface area contributed by atoms with E-state index in [0.717, 1.165) is 33.8 Å². The zero-order chi connectivity index (χ0) is 12.3. The molecule has 0 saturated carbocycles. The van der Waals surface area contributed by atoms with Gasteiger partial charge >= 0.3 is 0 Å². The highest BCUT2D eigenvalue weighted by Crippen LogP contribution is 2.16. The summed E-state index contributed by atoms with van der Waals surface area (Å²) in [5.41, 5.74) is 3.17. The van der Waals surface area contributed by atoms with Gasteiger partial charge in [0.2, 0.25) is 0 Å². The Balaban J connectivity index is 2.02. The van der Waals surface area contributed by atoms with E-state index in [9.17, 15) is 0 Å². The van der Waals surface area contributed by atoms with E-state index in [0.29, 0.717) is 0 Å². The summed E-state index contributed by atoms with van der Waals surface area (Å²) in [4.78, 5) is 8.68. The van der Waals surface area contributed by atoms with Gasteiger partial charge in [-0.05, 0) is 53.5 Å². The van der Waals surface area contributed by atoms with Crippen LogP contribution in [0.2, 0.25) is 0 Å². The van der Waals surface area contributed by atoms with Gasteiger partial charge < -0.3 is 5.32 Å². The Labute approximate surface area is 109 Å². The highest BCUT2D eigenvalue weighted by Gasteiger charge is 1.99. The molecule has 2 rings (SSSR count). The molecule has 0 aliphatic carbocycles. The summed E-state index contributed by atoms with van der Waals surface area (Å²) in [5.74, 6) is 0.881. The average Bonchev–Trinajstić information content (AvgIpc) is 2.33. The fourth-order valence-corrected chi connectivity index (χ4v) is 1.66. The van der Waals surface area contributed by atoms with Crippen LogP contribution < -0.4 is 5.32 Å². The van der Waals surface area contributed by atoms with Crippen LogP contribution >= 0.6 is 15.9 Å². The summed E-state index contributed by atoms with van der Waals surface area (Å²) in [6, 6.07) is 8.04. The molecule has 0 fully saturated rings. The average molecular weight is 292 g/mol. The Morgan fingerprint density at radius 3 is 2.65 bits per heavy atom. The molecule has 0 aromatic carbocycles. The van der Waals surface area contributed by atoms with Crippen LogP contribution in [0.25, 0.3) is 0 Å². The van der Waals surface area contributed by atoms with Crippen molar-refractivity contribution >= 4 is 21.7 Å². The Morgan fingerprint density at radius 2 is 2.00 bits per heavy atom. The van der Waals surface area contributed by atoms with Crippen molar-refractivity contribution in [3.05, 3.63) is 51.9 Å². The predicted molar refractivity (Wildman–Crippen MR) is 73.0 cm³/mol. The fraction of sp³-hybridized carbons (Fsp3) is 0.231. The van der Waals surface area contributed by atoms with Gasteiger partial charge in [0, 0.05) is 22.9 Å². The molecule has 0 aliphatic heterocycles. The van der Waals surface area contributed by atoms with Gasteiger partial charge in [-0.1, -0.05) is 6.07 Å². The molecule has 4 heteroatoms. The van der Waals surface area contributed by atoms with Crippen molar-refractivity contribution in [2.75, 3.05) is 5.32 Å². The summed E-state index contributed by atoms with van der Waals surface area (Å²) in [7, 11) is 0. The van der Waals surface area contributed by atoms with Crippen LogP contribution in [0, 0.1) is 13.8 Å². The van der Waals surface area contributed by atoms with Crippen molar-refractivity contribution in [1.82, 2.24) is 9.97 Å². The van der Waals surface area contributed by atoms with Crippen molar-refractivity contribution in [3.8, 4) is 0 Å². The molecule has 2 aromatic heterocycles. The van der Waals surface area contributed by atoms with Crippen LogP contribution in [0.1, 0.15) is 17.0 Å². The smallest absolute Gasteiger partial charge is 0.126 e. The lowest BCUT2D eigenvalue weighted by Gasteiger charge is -2.07. The number of aromatic nitrogens is 2. The minimum absolute atomic E-state index is 0.737. The largest absolute Gasteiger partial charge is 0.366 e. The minimum Gasteiger partial charge on any atom is -0.366 e. The van der Waals surface area contributed by atoms with E-state index in [2.05, 4.69) is 37.3 Å². The highest BCUT2D eigenvalue weighted by atomic mass is 79.9. The number of nitrogens with zero attached hydrogens (tertiary/aromatic N) is 2. The standard InChI is InChI=1S/C13H14BrN3/c1-9-3-4-11(7-15-9)8-16-13-6-5-12(14)10(2)17-13/h3-7H,8H2,1-2H3,(H,16,17). The van der Waals surface area contributed by atoms with Crippen molar-refractivity contribution < 1.29 is 0 Å². The van der Waals surface area contributed by atoms with Gasteiger partial charge in [-0.25, -0.2) is 4.98 Å². The molecular weight excluding hydrogens is 278 g/mol. The quantitative estimate of drug-likeness (QED) is 0.941. The molecule has 2 heterocycles. The Bertz CT molecular complexity index is 509. The van der Waals surface area contributed by atoms with Crippen LogP contribution in [0.15, 0.2) is 34.9 Å². The number of hydrogen-bond donors (Lipinski definition) is 1. The molecule has 3 nitrogen and oxygen atoms in total. The lowest BCUT2D eigenvalue weighted by atomic mass is 10.2. The predicted octanol–water partition coefficient (Wildman–Crippen LogP) is 3.47. The molecule has 88 valence electrons. The molecule has 0 atom stereocenters. The first kappa shape index (κ1) is 12.0.